The Morgan fingerprint density at radius 3 is 2.71 bits per heavy atom. The van der Waals surface area contributed by atoms with Gasteiger partial charge in [0.2, 0.25) is 5.91 Å². The van der Waals surface area contributed by atoms with Crippen LogP contribution < -0.4 is 4.74 Å². The average Bonchev–Trinajstić information content (AvgIpc) is 3.25. The highest BCUT2D eigenvalue weighted by molar-refractivity contribution is 5.94. The summed E-state index contributed by atoms with van der Waals surface area (Å²) >= 11 is 0. The topological polar surface area (TPSA) is 34.5 Å². The summed E-state index contributed by atoms with van der Waals surface area (Å²) in [5, 5.41) is 1.23. The molecule has 4 heteroatoms. The molecule has 146 valence electrons. The molecule has 1 aliphatic heterocycles. The van der Waals surface area contributed by atoms with Gasteiger partial charge in [-0.25, -0.2) is 0 Å². The maximum absolute atomic E-state index is 12.7. The Bertz CT molecular complexity index is 1020. The van der Waals surface area contributed by atoms with Crippen LogP contribution in [0.5, 0.6) is 5.75 Å². The number of benzene rings is 2. The van der Waals surface area contributed by atoms with Crippen LogP contribution in [0.25, 0.3) is 22.2 Å². The molecule has 0 saturated carbocycles. The molecule has 4 rings (SSSR count). The smallest absolute Gasteiger partial charge is 0.223 e. The van der Waals surface area contributed by atoms with Gasteiger partial charge in [0, 0.05) is 41.5 Å². The lowest BCUT2D eigenvalue weighted by Crippen LogP contribution is -2.35. The van der Waals surface area contributed by atoms with Gasteiger partial charge in [-0.15, -0.1) is 0 Å². The number of hydrogen-bond donors (Lipinski definition) is 0. The van der Waals surface area contributed by atoms with Crippen LogP contribution in [0.3, 0.4) is 0 Å². The largest absolute Gasteiger partial charge is 0.497 e. The Labute approximate surface area is 166 Å². The molecule has 4 nitrogen and oxygen atoms in total. The monoisotopic (exact) mass is 376 g/mol. The van der Waals surface area contributed by atoms with Crippen molar-refractivity contribution >= 4 is 16.8 Å². The van der Waals surface area contributed by atoms with Gasteiger partial charge in [-0.2, -0.15) is 0 Å². The number of ether oxygens (including phenoxy) is 1. The van der Waals surface area contributed by atoms with Gasteiger partial charge in [0.05, 0.1) is 18.8 Å². The highest BCUT2D eigenvalue weighted by Crippen LogP contribution is 2.45. The maximum Gasteiger partial charge on any atom is 0.223 e. The van der Waals surface area contributed by atoms with E-state index in [1.807, 2.05) is 12.1 Å². The molecule has 2 atom stereocenters. The quantitative estimate of drug-likeness (QED) is 0.604. The minimum absolute atomic E-state index is 0.106. The first-order valence-electron chi connectivity index (χ1n) is 10.1. The number of carbonyl (C=O) groups is 1. The minimum Gasteiger partial charge on any atom is -0.497 e. The Balaban J connectivity index is 1.98. The number of carbonyl (C=O) groups excluding carboxylic acids is 1. The molecule has 1 saturated heterocycles. The molecule has 3 aromatic rings. The van der Waals surface area contributed by atoms with Crippen LogP contribution in [0, 0.1) is 0 Å². The number of amides is 1. The van der Waals surface area contributed by atoms with Crippen molar-refractivity contribution in [3.05, 3.63) is 54.1 Å². The molecule has 0 unspecified atom stereocenters. The number of rotatable bonds is 5. The second-order valence-electron chi connectivity index (χ2n) is 7.68. The summed E-state index contributed by atoms with van der Waals surface area (Å²) in [7, 11) is 3.81. The molecule has 1 fully saturated rings. The molecule has 0 aliphatic carbocycles. The van der Waals surface area contributed by atoms with E-state index < -0.39 is 0 Å². The third-order valence-electron chi connectivity index (χ3n) is 6.14. The molecule has 2 aromatic carbocycles. The molecule has 0 radical (unpaired) electrons. The molecule has 0 spiro atoms. The van der Waals surface area contributed by atoms with Crippen molar-refractivity contribution in [3.8, 4) is 17.0 Å². The van der Waals surface area contributed by atoms with Gasteiger partial charge in [-0.05, 0) is 38.0 Å². The molecule has 2 heterocycles. The van der Waals surface area contributed by atoms with E-state index in [1.165, 1.54) is 22.2 Å². The Kier molecular flexibility index (Phi) is 4.88. The van der Waals surface area contributed by atoms with E-state index in [9.17, 15) is 4.79 Å². The second kappa shape index (κ2) is 7.34. The second-order valence-corrected chi connectivity index (χ2v) is 7.68. The van der Waals surface area contributed by atoms with E-state index in [0.29, 0.717) is 6.42 Å². The maximum atomic E-state index is 12.7. The molecular formula is C24H28N2O2. The number of methoxy groups -OCH3 is 1. The summed E-state index contributed by atoms with van der Waals surface area (Å²) in [5.74, 6) is 1.11. The third kappa shape index (κ3) is 2.88. The van der Waals surface area contributed by atoms with Gasteiger partial charge < -0.3 is 14.2 Å². The first kappa shape index (κ1) is 18.6. The summed E-state index contributed by atoms with van der Waals surface area (Å²) in [6.07, 6.45) is 2.45. The minimum atomic E-state index is 0.106. The summed E-state index contributed by atoms with van der Waals surface area (Å²) in [6.45, 7) is 4.31. The van der Waals surface area contributed by atoms with Crippen molar-refractivity contribution in [2.24, 2.45) is 7.05 Å². The van der Waals surface area contributed by atoms with E-state index in [0.717, 1.165) is 24.2 Å². The van der Waals surface area contributed by atoms with Gasteiger partial charge in [0.25, 0.3) is 0 Å². The number of hydrogen-bond acceptors (Lipinski definition) is 2. The first-order chi connectivity index (χ1) is 13.6. The lowest BCUT2D eigenvalue weighted by atomic mass is 9.96. The summed E-state index contributed by atoms with van der Waals surface area (Å²) in [5.41, 5.74) is 4.75. The van der Waals surface area contributed by atoms with Gasteiger partial charge in [0.1, 0.15) is 5.75 Å². The van der Waals surface area contributed by atoms with E-state index in [-0.39, 0.29) is 18.0 Å². The van der Waals surface area contributed by atoms with Crippen LogP contribution >= 0.6 is 0 Å². The SMILES string of the molecule is CC[C@@H](C)N1C(=O)CC[C@@H]1c1c(-c2cccc(OC)c2)n(C)c2ccccc12. The van der Waals surface area contributed by atoms with Crippen LogP contribution in [0.2, 0.25) is 0 Å². The summed E-state index contributed by atoms with van der Waals surface area (Å²) in [4.78, 5) is 14.9. The number of aromatic nitrogens is 1. The Hall–Kier alpha value is -2.75. The van der Waals surface area contributed by atoms with Crippen molar-refractivity contribution in [2.45, 2.75) is 45.2 Å². The van der Waals surface area contributed by atoms with E-state index in [2.05, 4.69) is 66.8 Å². The standard InChI is InChI=1S/C24H28N2O2/c1-5-16(2)26-21(13-14-22(26)27)23-19-11-6-7-12-20(19)25(3)24(23)17-9-8-10-18(15-17)28-4/h6-12,15-16,21H,5,13-14H2,1-4H3/t16-,21-/m1/s1. The fourth-order valence-electron chi connectivity index (χ4n) is 4.61. The first-order valence-corrected chi connectivity index (χ1v) is 10.1. The molecule has 28 heavy (non-hydrogen) atoms. The zero-order valence-corrected chi connectivity index (χ0v) is 17.1. The lowest BCUT2D eigenvalue weighted by molar-refractivity contribution is -0.131. The number of fused-ring (bicyclic) bond motifs is 1. The average molecular weight is 377 g/mol. The van der Waals surface area contributed by atoms with Crippen molar-refractivity contribution < 1.29 is 9.53 Å². The van der Waals surface area contributed by atoms with Gasteiger partial charge >= 0.3 is 0 Å². The summed E-state index contributed by atoms with van der Waals surface area (Å²) in [6, 6.07) is 17.1. The number of likely N-dealkylation sites (tertiary alicyclic amines) is 1. The molecular weight excluding hydrogens is 348 g/mol. The third-order valence-corrected chi connectivity index (χ3v) is 6.14. The van der Waals surface area contributed by atoms with E-state index in [4.69, 9.17) is 4.74 Å². The van der Waals surface area contributed by atoms with Gasteiger partial charge in [-0.1, -0.05) is 37.3 Å². The van der Waals surface area contributed by atoms with Crippen molar-refractivity contribution in [2.75, 3.05) is 7.11 Å². The van der Waals surface area contributed by atoms with Gasteiger partial charge in [-0.3, -0.25) is 4.79 Å². The van der Waals surface area contributed by atoms with Crippen LogP contribution in [0.4, 0.5) is 0 Å². The highest BCUT2D eigenvalue weighted by Gasteiger charge is 2.38. The van der Waals surface area contributed by atoms with Gasteiger partial charge in [0.15, 0.2) is 0 Å². The highest BCUT2D eigenvalue weighted by atomic mass is 16.5. The van der Waals surface area contributed by atoms with Crippen LogP contribution in [0.1, 0.15) is 44.7 Å². The zero-order valence-electron chi connectivity index (χ0n) is 17.1. The van der Waals surface area contributed by atoms with Crippen molar-refractivity contribution in [1.82, 2.24) is 9.47 Å². The van der Waals surface area contributed by atoms with Crippen molar-refractivity contribution in [3.63, 3.8) is 0 Å². The van der Waals surface area contributed by atoms with Crippen LogP contribution in [0.15, 0.2) is 48.5 Å². The molecule has 0 bridgehead atoms. The number of aryl methyl sites for hydroxylation is 1. The van der Waals surface area contributed by atoms with E-state index in [1.54, 1.807) is 7.11 Å². The van der Waals surface area contributed by atoms with E-state index >= 15 is 0 Å². The summed E-state index contributed by atoms with van der Waals surface area (Å²) < 4.78 is 7.74. The number of nitrogens with zero attached hydrogens (tertiary/aromatic N) is 2. The molecule has 0 N–H and O–H groups in total. The fraction of sp³-hybridized carbons (Fsp3) is 0.375. The molecule has 1 amide bonds. The fourth-order valence-corrected chi connectivity index (χ4v) is 4.61. The predicted octanol–water partition coefficient (Wildman–Crippen LogP) is 5.32. The Morgan fingerprint density at radius 1 is 1.18 bits per heavy atom. The predicted molar refractivity (Wildman–Crippen MR) is 113 cm³/mol. The zero-order chi connectivity index (χ0) is 19.8. The van der Waals surface area contributed by atoms with Crippen LogP contribution in [-0.2, 0) is 11.8 Å². The molecule has 1 aliphatic rings. The lowest BCUT2D eigenvalue weighted by Gasteiger charge is -2.31. The van der Waals surface area contributed by atoms with Crippen LogP contribution in [-0.4, -0.2) is 28.5 Å². The molecule has 1 aromatic heterocycles. The number of para-hydroxylation sites is 1. The normalized spacial score (nSPS) is 18.1. The van der Waals surface area contributed by atoms with Crippen molar-refractivity contribution in [1.29, 1.82) is 0 Å². The Morgan fingerprint density at radius 2 is 1.96 bits per heavy atom.